The summed E-state index contributed by atoms with van der Waals surface area (Å²) in [5.41, 5.74) is 2.65. The van der Waals surface area contributed by atoms with E-state index in [2.05, 4.69) is 20.8 Å². The van der Waals surface area contributed by atoms with Crippen molar-refractivity contribution in [2.45, 2.75) is 13.8 Å². The summed E-state index contributed by atoms with van der Waals surface area (Å²) in [6.45, 7) is 4.39. The molecular formula is C21H22N4O3. The minimum absolute atomic E-state index is 0.202. The summed E-state index contributed by atoms with van der Waals surface area (Å²) < 4.78 is 10.9. The highest BCUT2D eigenvalue weighted by Gasteiger charge is 2.12. The average Bonchev–Trinajstić information content (AvgIpc) is 2.70. The van der Waals surface area contributed by atoms with Crippen LogP contribution in [-0.2, 0) is 0 Å². The first kappa shape index (κ1) is 19.2. The van der Waals surface area contributed by atoms with Gasteiger partial charge < -0.3 is 20.1 Å². The Morgan fingerprint density at radius 1 is 1.00 bits per heavy atom. The third-order valence-corrected chi connectivity index (χ3v) is 3.95. The fourth-order valence-electron chi connectivity index (χ4n) is 2.62. The molecule has 0 unspecified atom stereocenters. The summed E-state index contributed by atoms with van der Waals surface area (Å²) in [4.78, 5) is 12.5. The molecule has 2 N–H and O–H groups in total. The standard InChI is InChI=1S/C21H22N4O3/c1-4-28-19-8-6-5-7-15(19)23-21(26)16-10-12-20(25-24-16)22-17-13-14(2)9-11-18(17)27-3/h5-13H,4H2,1-3H3,(H,22,25)(H,23,26). The van der Waals surface area contributed by atoms with Crippen LogP contribution in [0.25, 0.3) is 0 Å². The molecule has 0 radical (unpaired) electrons. The van der Waals surface area contributed by atoms with Crippen molar-refractivity contribution in [3.8, 4) is 11.5 Å². The van der Waals surface area contributed by atoms with Crippen LogP contribution in [0.3, 0.4) is 0 Å². The molecule has 0 spiro atoms. The van der Waals surface area contributed by atoms with Gasteiger partial charge in [-0.2, -0.15) is 0 Å². The molecule has 0 aliphatic heterocycles. The van der Waals surface area contributed by atoms with Gasteiger partial charge >= 0.3 is 0 Å². The van der Waals surface area contributed by atoms with E-state index in [1.165, 1.54) is 0 Å². The van der Waals surface area contributed by atoms with E-state index in [9.17, 15) is 4.79 Å². The number of aryl methyl sites for hydroxylation is 1. The maximum atomic E-state index is 12.5. The maximum absolute atomic E-state index is 12.5. The number of benzene rings is 2. The highest BCUT2D eigenvalue weighted by atomic mass is 16.5. The number of ether oxygens (including phenoxy) is 2. The zero-order valence-corrected chi connectivity index (χ0v) is 16.0. The molecule has 0 fully saturated rings. The normalized spacial score (nSPS) is 10.2. The first-order chi connectivity index (χ1) is 13.6. The zero-order chi connectivity index (χ0) is 19.9. The van der Waals surface area contributed by atoms with Crippen molar-refractivity contribution >= 4 is 23.1 Å². The van der Waals surface area contributed by atoms with E-state index < -0.39 is 0 Å². The molecule has 7 heteroatoms. The highest BCUT2D eigenvalue weighted by Crippen LogP contribution is 2.28. The number of nitrogens with one attached hydrogen (secondary N) is 2. The molecular weight excluding hydrogens is 356 g/mol. The van der Waals surface area contributed by atoms with Crippen LogP contribution >= 0.6 is 0 Å². The number of rotatable bonds is 7. The smallest absolute Gasteiger partial charge is 0.276 e. The number of amides is 1. The van der Waals surface area contributed by atoms with Gasteiger partial charge in [-0.25, -0.2) is 0 Å². The molecule has 1 heterocycles. The number of carbonyl (C=O) groups excluding carboxylic acids is 1. The van der Waals surface area contributed by atoms with Crippen LogP contribution in [0, 0.1) is 6.92 Å². The molecule has 0 saturated carbocycles. The Balaban J connectivity index is 1.72. The molecule has 3 aromatic rings. The van der Waals surface area contributed by atoms with E-state index in [4.69, 9.17) is 9.47 Å². The Morgan fingerprint density at radius 2 is 1.82 bits per heavy atom. The Bertz CT molecular complexity index is 958. The molecule has 1 aromatic heterocycles. The van der Waals surface area contributed by atoms with Crippen molar-refractivity contribution in [1.82, 2.24) is 10.2 Å². The van der Waals surface area contributed by atoms with Crippen molar-refractivity contribution in [1.29, 1.82) is 0 Å². The summed E-state index contributed by atoms with van der Waals surface area (Å²) in [5, 5.41) is 14.1. The Morgan fingerprint density at radius 3 is 2.54 bits per heavy atom. The highest BCUT2D eigenvalue weighted by molar-refractivity contribution is 6.03. The molecule has 7 nitrogen and oxygen atoms in total. The first-order valence-electron chi connectivity index (χ1n) is 8.89. The Kier molecular flexibility index (Phi) is 6.06. The quantitative estimate of drug-likeness (QED) is 0.641. The van der Waals surface area contributed by atoms with E-state index >= 15 is 0 Å². The minimum Gasteiger partial charge on any atom is -0.495 e. The SMILES string of the molecule is CCOc1ccccc1NC(=O)c1ccc(Nc2cc(C)ccc2OC)nn1. The van der Waals surface area contributed by atoms with Crippen LogP contribution in [0.5, 0.6) is 11.5 Å². The molecule has 28 heavy (non-hydrogen) atoms. The average molecular weight is 378 g/mol. The van der Waals surface area contributed by atoms with Gasteiger partial charge in [0.05, 0.1) is 25.1 Å². The number of methoxy groups -OCH3 is 1. The lowest BCUT2D eigenvalue weighted by Crippen LogP contribution is -2.15. The lowest BCUT2D eigenvalue weighted by atomic mass is 10.2. The molecule has 0 aliphatic rings. The van der Waals surface area contributed by atoms with Crippen molar-refractivity contribution in [2.75, 3.05) is 24.4 Å². The van der Waals surface area contributed by atoms with Gasteiger partial charge in [-0.05, 0) is 55.8 Å². The van der Waals surface area contributed by atoms with E-state index in [0.717, 1.165) is 11.3 Å². The first-order valence-corrected chi connectivity index (χ1v) is 8.89. The molecule has 0 atom stereocenters. The Labute approximate surface area is 163 Å². The minimum atomic E-state index is -0.362. The van der Waals surface area contributed by atoms with E-state index in [1.807, 2.05) is 44.2 Å². The molecule has 0 aliphatic carbocycles. The number of hydrogen-bond acceptors (Lipinski definition) is 6. The second-order valence-corrected chi connectivity index (χ2v) is 6.02. The topological polar surface area (TPSA) is 85.4 Å². The van der Waals surface area contributed by atoms with E-state index in [-0.39, 0.29) is 11.6 Å². The predicted molar refractivity (Wildman–Crippen MR) is 109 cm³/mol. The number of aromatic nitrogens is 2. The number of carbonyl (C=O) groups is 1. The van der Waals surface area contributed by atoms with Crippen LogP contribution in [0.2, 0.25) is 0 Å². The summed E-state index contributed by atoms with van der Waals surface area (Å²) in [6, 6.07) is 16.3. The van der Waals surface area contributed by atoms with E-state index in [0.29, 0.717) is 29.6 Å². The van der Waals surface area contributed by atoms with Gasteiger partial charge in [-0.3, -0.25) is 4.79 Å². The molecule has 0 saturated heterocycles. The van der Waals surface area contributed by atoms with Crippen LogP contribution < -0.4 is 20.1 Å². The fraction of sp³-hybridized carbons (Fsp3) is 0.190. The predicted octanol–water partition coefficient (Wildman–Crippen LogP) is 4.19. The molecule has 3 rings (SSSR count). The fourth-order valence-corrected chi connectivity index (χ4v) is 2.62. The van der Waals surface area contributed by atoms with Crippen LogP contribution in [0.15, 0.2) is 54.6 Å². The summed E-state index contributed by atoms with van der Waals surface area (Å²) in [5.74, 6) is 1.45. The summed E-state index contributed by atoms with van der Waals surface area (Å²) in [7, 11) is 1.61. The van der Waals surface area contributed by atoms with Gasteiger partial charge in [0.15, 0.2) is 11.5 Å². The number of hydrogen-bond donors (Lipinski definition) is 2. The Hall–Kier alpha value is -3.61. The number of anilines is 3. The monoisotopic (exact) mass is 378 g/mol. The molecule has 144 valence electrons. The van der Waals surface area contributed by atoms with E-state index in [1.54, 1.807) is 31.4 Å². The van der Waals surface area contributed by atoms with Crippen molar-refractivity contribution in [2.24, 2.45) is 0 Å². The summed E-state index contributed by atoms with van der Waals surface area (Å²) >= 11 is 0. The van der Waals surface area contributed by atoms with Crippen LogP contribution in [0.1, 0.15) is 23.0 Å². The second-order valence-electron chi connectivity index (χ2n) is 6.02. The molecule has 2 aromatic carbocycles. The second kappa shape index (κ2) is 8.85. The van der Waals surface area contributed by atoms with Gasteiger partial charge in [0.2, 0.25) is 0 Å². The number of para-hydroxylation sites is 2. The van der Waals surface area contributed by atoms with Crippen molar-refractivity contribution < 1.29 is 14.3 Å². The molecule has 0 bridgehead atoms. The van der Waals surface area contributed by atoms with Crippen LogP contribution in [0.4, 0.5) is 17.2 Å². The van der Waals surface area contributed by atoms with Crippen molar-refractivity contribution in [3.05, 3.63) is 65.9 Å². The van der Waals surface area contributed by atoms with Gasteiger partial charge in [0.1, 0.15) is 11.5 Å². The third-order valence-electron chi connectivity index (χ3n) is 3.95. The summed E-state index contributed by atoms with van der Waals surface area (Å²) in [6.07, 6.45) is 0. The zero-order valence-electron chi connectivity index (χ0n) is 16.0. The lowest BCUT2D eigenvalue weighted by molar-refractivity contribution is 0.102. The lowest BCUT2D eigenvalue weighted by Gasteiger charge is -2.12. The van der Waals surface area contributed by atoms with Crippen LogP contribution in [-0.4, -0.2) is 29.8 Å². The van der Waals surface area contributed by atoms with Crippen molar-refractivity contribution in [3.63, 3.8) is 0 Å². The maximum Gasteiger partial charge on any atom is 0.276 e. The molecule has 1 amide bonds. The third kappa shape index (κ3) is 4.56. The number of nitrogens with zero attached hydrogens (tertiary/aromatic N) is 2. The van der Waals surface area contributed by atoms with Gasteiger partial charge in [-0.1, -0.05) is 18.2 Å². The van der Waals surface area contributed by atoms with Gasteiger partial charge in [0, 0.05) is 0 Å². The largest absolute Gasteiger partial charge is 0.495 e. The van der Waals surface area contributed by atoms with Gasteiger partial charge in [0.25, 0.3) is 5.91 Å². The van der Waals surface area contributed by atoms with Gasteiger partial charge in [-0.15, -0.1) is 10.2 Å².